The largest absolute Gasteiger partial charge is 0.340 e. The van der Waals surface area contributed by atoms with Gasteiger partial charge < -0.3 is 10.6 Å². The average molecular weight is 358 g/mol. The summed E-state index contributed by atoms with van der Waals surface area (Å²) >= 11 is 2.12. The highest BCUT2D eigenvalue weighted by Gasteiger charge is 2.31. The first kappa shape index (κ1) is 13.3. The van der Waals surface area contributed by atoms with Crippen LogP contribution in [0.5, 0.6) is 0 Å². The van der Waals surface area contributed by atoms with Crippen LogP contribution in [0, 0.1) is 9.49 Å². The van der Waals surface area contributed by atoms with Crippen molar-refractivity contribution in [3.05, 3.63) is 27.3 Å². The molecule has 0 saturated carbocycles. The standard InChI is InChI=1S/C13H15IN2O2/c1-3-7(2)10-13(18)16-11-8(12(17)15-10)5-4-6-9(11)14/h4-7,10H,3H2,1-2H3,(H,15,17)(H,16,18). The second-order valence-corrected chi connectivity index (χ2v) is 5.65. The van der Waals surface area contributed by atoms with Crippen molar-refractivity contribution >= 4 is 40.1 Å². The van der Waals surface area contributed by atoms with Gasteiger partial charge in [0.1, 0.15) is 6.04 Å². The quantitative estimate of drug-likeness (QED) is 0.798. The lowest BCUT2D eigenvalue weighted by Gasteiger charge is -2.20. The number of carbonyl (C=O) groups excluding carboxylic acids is 2. The monoisotopic (exact) mass is 358 g/mol. The fourth-order valence-corrected chi connectivity index (χ4v) is 2.60. The van der Waals surface area contributed by atoms with E-state index in [0.29, 0.717) is 11.3 Å². The molecule has 0 fully saturated rings. The van der Waals surface area contributed by atoms with Crippen molar-refractivity contribution in [2.24, 2.45) is 5.92 Å². The lowest BCUT2D eigenvalue weighted by atomic mass is 9.98. The predicted octanol–water partition coefficient (Wildman–Crippen LogP) is 2.39. The molecule has 0 aromatic heterocycles. The van der Waals surface area contributed by atoms with Crippen LogP contribution in [0.3, 0.4) is 0 Å². The van der Waals surface area contributed by atoms with Gasteiger partial charge in [0, 0.05) is 3.57 Å². The molecule has 2 atom stereocenters. The number of amides is 2. The second kappa shape index (κ2) is 5.26. The molecule has 1 aromatic carbocycles. The van der Waals surface area contributed by atoms with Gasteiger partial charge in [-0.25, -0.2) is 0 Å². The Kier molecular flexibility index (Phi) is 3.89. The summed E-state index contributed by atoms with van der Waals surface area (Å²) in [6.07, 6.45) is 0.839. The van der Waals surface area contributed by atoms with Crippen LogP contribution >= 0.6 is 22.6 Å². The van der Waals surface area contributed by atoms with Crippen molar-refractivity contribution in [1.82, 2.24) is 5.32 Å². The third-order valence-corrected chi connectivity index (χ3v) is 4.19. The summed E-state index contributed by atoms with van der Waals surface area (Å²) in [7, 11) is 0. The summed E-state index contributed by atoms with van der Waals surface area (Å²) in [6.45, 7) is 3.97. The van der Waals surface area contributed by atoms with E-state index in [1.54, 1.807) is 6.07 Å². The topological polar surface area (TPSA) is 58.2 Å². The Labute approximate surface area is 120 Å². The minimum Gasteiger partial charge on any atom is -0.340 e. The Morgan fingerprint density at radius 2 is 2.11 bits per heavy atom. The third-order valence-electron chi connectivity index (χ3n) is 3.29. The maximum Gasteiger partial charge on any atom is 0.254 e. The van der Waals surface area contributed by atoms with Gasteiger partial charge in [-0.05, 0) is 40.6 Å². The van der Waals surface area contributed by atoms with E-state index in [4.69, 9.17) is 0 Å². The maximum absolute atomic E-state index is 12.1. The third kappa shape index (κ3) is 2.36. The molecule has 0 aliphatic carbocycles. The van der Waals surface area contributed by atoms with E-state index in [2.05, 4.69) is 33.2 Å². The van der Waals surface area contributed by atoms with Crippen molar-refractivity contribution in [2.75, 3.05) is 5.32 Å². The van der Waals surface area contributed by atoms with Crippen LogP contribution in [0.1, 0.15) is 30.6 Å². The number of para-hydroxylation sites is 1. The van der Waals surface area contributed by atoms with Crippen LogP contribution in [0.2, 0.25) is 0 Å². The molecule has 2 rings (SSSR count). The average Bonchev–Trinajstić information content (AvgIpc) is 2.48. The number of anilines is 1. The number of carbonyl (C=O) groups is 2. The molecule has 96 valence electrons. The summed E-state index contributed by atoms with van der Waals surface area (Å²) in [6, 6.07) is 4.95. The van der Waals surface area contributed by atoms with Gasteiger partial charge in [-0.1, -0.05) is 26.3 Å². The van der Waals surface area contributed by atoms with E-state index in [-0.39, 0.29) is 17.7 Å². The van der Waals surface area contributed by atoms with Crippen LogP contribution in [-0.2, 0) is 4.79 Å². The first-order valence-electron chi connectivity index (χ1n) is 5.94. The van der Waals surface area contributed by atoms with Crippen LogP contribution in [0.25, 0.3) is 0 Å². The van der Waals surface area contributed by atoms with E-state index < -0.39 is 6.04 Å². The lowest BCUT2D eigenvalue weighted by molar-refractivity contribution is -0.119. The molecule has 5 heteroatoms. The fourth-order valence-electron chi connectivity index (χ4n) is 1.96. The Morgan fingerprint density at radius 3 is 2.78 bits per heavy atom. The molecule has 2 unspecified atom stereocenters. The lowest BCUT2D eigenvalue weighted by Crippen LogP contribution is -2.45. The molecule has 2 amide bonds. The first-order chi connectivity index (χ1) is 8.54. The zero-order valence-corrected chi connectivity index (χ0v) is 12.4. The molecular weight excluding hydrogens is 343 g/mol. The first-order valence-corrected chi connectivity index (χ1v) is 7.02. The summed E-state index contributed by atoms with van der Waals surface area (Å²) in [5, 5.41) is 5.67. The van der Waals surface area contributed by atoms with Gasteiger partial charge >= 0.3 is 0 Å². The van der Waals surface area contributed by atoms with Crippen molar-refractivity contribution < 1.29 is 9.59 Å². The van der Waals surface area contributed by atoms with E-state index in [0.717, 1.165) is 9.99 Å². The van der Waals surface area contributed by atoms with E-state index in [1.807, 2.05) is 26.0 Å². The van der Waals surface area contributed by atoms with Gasteiger partial charge in [0.05, 0.1) is 11.3 Å². The molecule has 18 heavy (non-hydrogen) atoms. The molecule has 0 saturated heterocycles. The predicted molar refractivity (Wildman–Crippen MR) is 78.5 cm³/mol. The fraction of sp³-hybridized carbons (Fsp3) is 0.385. The van der Waals surface area contributed by atoms with Gasteiger partial charge in [0.15, 0.2) is 0 Å². The summed E-state index contributed by atoms with van der Waals surface area (Å²) in [4.78, 5) is 24.3. The summed E-state index contributed by atoms with van der Waals surface area (Å²) in [5.74, 6) is -0.214. The number of halogens is 1. The number of nitrogens with one attached hydrogen (secondary N) is 2. The van der Waals surface area contributed by atoms with Gasteiger partial charge in [0.25, 0.3) is 5.91 Å². The minimum atomic E-state index is -0.467. The van der Waals surface area contributed by atoms with Gasteiger partial charge in [-0.3, -0.25) is 9.59 Å². The van der Waals surface area contributed by atoms with Crippen LogP contribution in [0.4, 0.5) is 5.69 Å². The van der Waals surface area contributed by atoms with E-state index in [1.165, 1.54) is 0 Å². The molecule has 0 spiro atoms. The molecule has 1 aliphatic rings. The number of rotatable bonds is 2. The maximum atomic E-state index is 12.1. The Hall–Kier alpha value is -1.11. The highest BCUT2D eigenvalue weighted by Crippen LogP contribution is 2.26. The van der Waals surface area contributed by atoms with Crippen molar-refractivity contribution in [3.63, 3.8) is 0 Å². The Morgan fingerprint density at radius 1 is 1.39 bits per heavy atom. The molecular formula is C13H15IN2O2. The Balaban J connectivity index is 2.41. The van der Waals surface area contributed by atoms with Crippen molar-refractivity contribution in [1.29, 1.82) is 0 Å². The number of fused-ring (bicyclic) bond motifs is 1. The number of benzene rings is 1. The Bertz CT molecular complexity index is 502. The summed E-state index contributed by atoms with van der Waals surface area (Å²) < 4.78 is 0.874. The van der Waals surface area contributed by atoms with Gasteiger partial charge in [-0.2, -0.15) is 0 Å². The zero-order chi connectivity index (χ0) is 13.3. The van der Waals surface area contributed by atoms with Crippen molar-refractivity contribution in [3.8, 4) is 0 Å². The number of hydrogen-bond acceptors (Lipinski definition) is 2. The number of hydrogen-bond donors (Lipinski definition) is 2. The van der Waals surface area contributed by atoms with Crippen LogP contribution < -0.4 is 10.6 Å². The minimum absolute atomic E-state index is 0.112. The van der Waals surface area contributed by atoms with Crippen molar-refractivity contribution in [2.45, 2.75) is 26.3 Å². The highest BCUT2D eigenvalue weighted by atomic mass is 127. The zero-order valence-electron chi connectivity index (χ0n) is 10.3. The molecule has 1 heterocycles. The van der Waals surface area contributed by atoms with E-state index >= 15 is 0 Å². The highest BCUT2D eigenvalue weighted by molar-refractivity contribution is 14.1. The van der Waals surface area contributed by atoms with E-state index in [9.17, 15) is 9.59 Å². The molecule has 4 nitrogen and oxygen atoms in total. The molecule has 2 N–H and O–H groups in total. The molecule has 1 aromatic rings. The van der Waals surface area contributed by atoms with Gasteiger partial charge in [0.2, 0.25) is 5.91 Å². The van der Waals surface area contributed by atoms with Crippen LogP contribution in [0.15, 0.2) is 18.2 Å². The molecule has 0 bridgehead atoms. The van der Waals surface area contributed by atoms with Gasteiger partial charge in [-0.15, -0.1) is 0 Å². The molecule has 1 aliphatic heterocycles. The van der Waals surface area contributed by atoms with Crippen LogP contribution in [-0.4, -0.2) is 17.9 Å². The normalized spacial score (nSPS) is 20.5. The second-order valence-electron chi connectivity index (χ2n) is 4.49. The SMILES string of the molecule is CCC(C)C1NC(=O)c2cccc(I)c2NC1=O. The molecule has 0 radical (unpaired) electrons. The summed E-state index contributed by atoms with van der Waals surface area (Å²) in [5.41, 5.74) is 1.15. The smallest absolute Gasteiger partial charge is 0.254 e.